The van der Waals surface area contributed by atoms with Gasteiger partial charge in [0.1, 0.15) is 11.5 Å². The summed E-state index contributed by atoms with van der Waals surface area (Å²) in [5.41, 5.74) is 0.151. The molecule has 2 heterocycles. The Hall–Kier alpha value is -1.66. The standard InChI is InChI=1S/C14H14ClF2N3O/c1-19-4-6-20(7-5-19)14(21)13-12(17)10-9(18-13)3-2-8(16)11(10)15/h2-3,18H,4-7H2,1H3. The first-order chi connectivity index (χ1) is 9.99. The fourth-order valence-corrected chi connectivity index (χ4v) is 2.75. The van der Waals surface area contributed by atoms with Crippen molar-refractivity contribution in [2.24, 2.45) is 0 Å². The number of nitrogens with zero attached hydrogens (tertiary/aromatic N) is 2. The largest absolute Gasteiger partial charge is 0.348 e. The summed E-state index contributed by atoms with van der Waals surface area (Å²) < 4.78 is 27.8. The second-order valence-electron chi connectivity index (χ2n) is 5.19. The van der Waals surface area contributed by atoms with Crippen LogP contribution in [-0.4, -0.2) is 53.9 Å². The van der Waals surface area contributed by atoms with Gasteiger partial charge >= 0.3 is 0 Å². The molecule has 4 nitrogen and oxygen atoms in total. The Balaban J connectivity index is 1.99. The molecular weight excluding hydrogens is 300 g/mol. The minimum atomic E-state index is -0.793. The van der Waals surface area contributed by atoms with Crippen molar-refractivity contribution >= 4 is 28.4 Å². The summed E-state index contributed by atoms with van der Waals surface area (Å²) in [5.74, 6) is -1.92. The number of hydrogen-bond donors (Lipinski definition) is 1. The van der Waals surface area contributed by atoms with E-state index in [1.807, 2.05) is 7.05 Å². The summed E-state index contributed by atoms with van der Waals surface area (Å²) in [7, 11) is 1.97. The van der Waals surface area contributed by atoms with E-state index in [0.29, 0.717) is 18.6 Å². The van der Waals surface area contributed by atoms with Gasteiger partial charge in [0.2, 0.25) is 0 Å². The number of amides is 1. The summed E-state index contributed by atoms with van der Waals surface area (Å²) in [6, 6.07) is 2.52. The number of benzene rings is 1. The van der Waals surface area contributed by atoms with E-state index in [1.165, 1.54) is 6.07 Å². The molecule has 7 heteroatoms. The smallest absolute Gasteiger partial charge is 0.273 e. The number of rotatable bonds is 1. The average Bonchev–Trinajstić information content (AvgIpc) is 2.81. The molecular formula is C14H14ClF2N3O. The molecule has 21 heavy (non-hydrogen) atoms. The molecule has 1 aromatic heterocycles. The van der Waals surface area contributed by atoms with Crippen LogP contribution in [0.4, 0.5) is 8.78 Å². The molecule has 0 saturated carbocycles. The molecule has 1 amide bonds. The summed E-state index contributed by atoms with van der Waals surface area (Å²) >= 11 is 5.79. The lowest BCUT2D eigenvalue weighted by molar-refractivity contribution is 0.0654. The van der Waals surface area contributed by atoms with Crippen molar-refractivity contribution in [2.45, 2.75) is 0 Å². The van der Waals surface area contributed by atoms with Gasteiger partial charge in [0.15, 0.2) is 5.82 Å². The molecule has 1 saturated heterocycles. The monoisotopic (exact) mass is 313 g/mol. The van der Waals surface area contributed by atoms with Gasteiger partial charge in [-0.1, -0.05) is 11.6 Å². The predicted molar refractivity (Wildman–Crippen MR) is 76.6 cm³/mol. The number of likely N-dealkylation sites (N-methyl/N-ethyl adjacent to an activating group) is 1. The van der Waals surface area contributed by atoms with Crippen molar-refractivity contribution in [3.05, 3.63) is 34.5 Å². The van der Waals surface area contributed by atoms with Crippen LogP contribution >= 0.6 is 11.6 Å². The number of carbonyl (C=O) groups excluding carboxylic acids is 1. The summed E-state index contributed by atoms with van der Waals surface area (Å²) in [5, 5.41) is -0.382. The van der Waals surface area contributed by atoms with Crippen LogP contribution in [0.15, 0.2) is 12.1 Å². The van der Waals surface area contributed by atoms with Crippen LogP contribution in [0, 0.1) is 11.6 Å². The number of nitrogens with one attached hydrogen (secondary N) is 1. The number of carbonyl (C=O) groups is 1. The number of fused-ring (bicyclic) bond motifs is 1. The van der Waals surface area contributed by atoms with E-state index in [9.17, 15) is 13.6 Å². The van der Waals surface area contributed by atoms with Crippen LogP contribution in [0.1, 0.15) is 10.5 Å². The molecule has 1 N–H and O–H groups in total. The molecule has 3 rings (SSSR count). The third kappa shape index (κ3) is 2.38. The first-order valence-corrected chi connectivity index (χ1v) is 7.00. The predicted octanol–water partition coefficient (Wildman–Crippen LogP) is 2.49. The zero-order chi connectivity index (χ0) is 15.1. The van der Waals surface area contributed by atoms with E-state index in [0.717, 1.165) is 19.2 Å². The number of piperazine rings is 1. The molecule has 2 aromatic rings. The highest BCUT2D eigenvalue weighted by atomic mass is 35.5. The Labute approximate surface area is 125 Å². The quantitative estimate of drug-likeness (QED) is 0.878. The Morgan fingerprint density at radius 3 is 2.57 bits per heavy atom. The Bertz CT molecular complexity index is 708. The van der Waals surface area contributed by atoms with Crippen molar-refractivity contribution in [1.29, 1.82) is 0 Å². The third-order valence-electron chi connectivity index (χ3n) is 3.80. The minimum absolute atomic E-state index is 0.0749. The van der Waals surface area contributed by atoms with Crippen molar-refractivity contribution in [3.8, 4) is 0 Å². The molecule has 0 spiro atoms. The highest BCUT2D eigenvalue weighted by molar-refractivity contribution is 6.35. The topological polar surface area (TPSA) is 39.3 Å². The minimum Gasteiger partial charge on any atom is -0.348 e. The number of hydrogen-bond acceptors (Lipinski definition) is 2. The van der Waals surface area contributed by atoms with E-state index >= 15 is 0 Å². The maximum absolute atomic E-state index is 14.4. The van der Waals surface area contributed by atoms with Crippen LogP contribution in [0.25, 0.3) is 10.9 Å². The van der Waals surface area contributed by atoms with Crippen LogP contribution < -0.4 is 0 Å². The molecule has 0 radical (unpaired) electrons. The average molecular weight is 314 g/mol. The summed E-state index contributed by atoms with van der Waals surface area (Å²) in [6.07, 6.45) is 0. The fourth-order valence-electron chi connectivity index (χ4n) is 2.50. The molecule has 0 unspecified atom stereocenters. The molecule has 0 atom stereocenters. The van der Waals surface area contributed by atoms with Crippen LogP contribution in [0.5, 0.6) is 0 Å². The second kappa shape index (κ2) is 5.27. The van der Waals surface area contributed by atoms with Gasteiger partial charge in [0, 0.05) is 26.2 Å². The van der Waals surface area contributed by atoms with Gasteiger partial charge in [0.25, 0.3) is 5.91 Å². The van der Waals surface area contributed by atoms with E-state index in [4.69, 9.17) is 11.6 Å². The van der Waals surface area contributed by atoms with E-state index in [1.54, 1.807) is 4.90 Å². The van der Waals surface area contributed by atoms with E-state index < -0.39 is 17.5 Å². The van der Waals surface area contributed by atoms with Crippen LogP contribution in [0.2, 0.25) is 5.02 Å². The van der Waals surface area contributed by atoms with E-state index in [-0.39, 0.29) is 16.1 Å². The van der Waals surface area contributed by atoms with Gasteiger partial charge in [-0.2, -0.15) is 0 Å². The maximum atomic E-state index is 14.4. The summed E-state index contributed by atoms with van der Waals surface area (Å²) in [4.78, 5) is 18.8. The molecule has 1 aromatic carbocycles. The fraction of sp³-hybridized carbons (Fsp3) is 0.357. The maximum Gasteiger partial charge on any atom is 0.273 e. The zero-order valence-corrected chi connectivity index (χ0v) is 12.2. The van der Waals surface area contributed by atoms with Gasteiger partial charge in [-0.15, -0.1) is 0 Å². The Morgan fingerprint density at radius 2 is 1.90 bits per heavy atom. The summed E-state index contributed by atoms with van der Waals surface area (Å²) in [6.45, 7) is 2.55. The number of H-pyrrole nitrogens is 1. The molecule has 112 valence electrons. The third-order valence-corrected chi connectivity index (χ3v) is 4.17. The molecule has 1 fully saturated rings. The first-order valence-electron chi connectivity index (χ1n) is 6.62. The normalized spacial score (nSPS) is 16.7. The van der Waals surface area contributed by atoms with E-state index in [2.05, 4.69) is 9.88 Å². The number of aromatic nitrogens is 1. The van der Waals surface area contributed by atoms with Gasteiger partial charge in [-0.25, -0.2) is 8.78 Å². The van der Waals surface area contributed by atoms with Gasteiger partial charge in [-0.05, 0) is 19.2 Å². The van der Waals surface area contributed by atoms with Gasteiger partial charge in [-0.3, -0.25) is 4.79 Å². The highest BCUT2D eigenvalue weighted by Gasteiger charge is 2.26. The second-order valence-corrected chi connectivity index (χ2v) is 5.57. The highest BCUT2D eigenvalue weighted by Crippen LogP contribution is 2.30. The lowest BCUT2D eigenvalue weighted by atomic mass is 10.2. The van der Waals surface area contributed by atoms with Crippen molar-refractivity contribution in [3.63, 3.8) is 0 Å². The molecule has 0 bridgehead atoms. The zero-order valence-electron chi connectivity index (χ0n) is 11.4. The van der Waals surface area contributed by atoms with Gasteiger partial charge < -0.3 is 14.8 Å². The Morgan fingerprint density at radius 1 is 1.24 bits per heavy atom. The van der Waals surface area contributed by atoms with Crippen molar-refractivity contribution < 1.29 is 13.6 Å². The lowest BCUT2D eigenvalue weighted by Gasteiger charge is -2.32. The SMILES string of the molecule is CN1CCN(C(=O)c2[nH]c3ccc(F)c(Cl)c3c2F)CC1. The lowest BCUT2D eigenvalue weighted by Crippen LogP contribution is -2.47. The first kappa shape index (κ1) is 14.3. The molecule has 0 aliphatic carbocycles. The number of halogens is 3. The Kier molecular flexibility index (Phi) is 3.59. The van der Waals surface area contributed by atoms with Crippen LogP contribution in [-0.2, 0) is 0 Å². The number of aromatic amines is 1. The van der Waals surface area contributed by atoms with Crippen molar-refractivity contribution in [1.82, 2.24) is 14.8 Å². The molecule has 1 aliphatic heterocycles. The van der Waals surface area contributed by atoms with Crippen LogP contribution in [0.3, 0.4) is 0 Å². The van der Waals surface area contributed by atoms with Gasteiger partial charge in [0.05, 0.1) is 15.9 Å². The van der Waals surface area contributed by atoms with Crippen molar-refractivity contribution in [2.75, 3.05) is 33.2 Å². The molecule has 1 aliphatic rings.